The van der Waals surface area contributed by atoms with Gasteiger partial charge in [0.15, 0.2) is 0 Å². The molecule has 0 saturated carbocycles. The van der Waals surface area contributed by atoms with Gasteiger partial charge in [0.05, 0.1) is 17.9 Å². The highest BCUT2D eigenvalue weighted by atomic mass is 32.1. The summed E-state index contributed by atoms with van der Waals surface area (Å²) < 4.78 is 5.23. The van der Waals surface area contributed by atoms with Crippen LogP contribution in [-0.2, 0) is 0 Å². The van der Waals surface area contributed by atoms with Crippen molar-refractivity contribution in [3.63, 3.8) is 0 Å². The van der Waals surface area contributed by atoms with Gasteiger partial charge in [-0.3, -0.25) is 4.79 Å². The molecule has 0 aromatic carbocycles. The van der Waals surface area contributed by atoms with Crippen molar-refractivity contribution in [2.24, 2.45) is 0 Å². The molecule has 1 saturated heterocycles. The van der Waals surface area contributed by atoms with E-state index in [1.54, 1.807) is 23.7 Å². The van der Waals surface area contributed by atoms with E-state index in [-0.39, 0.29) is 11.9 Å². The molecule has 3 nitrogen and oxygen atoms in total. The SMILES string of the molecule is Cc1occc1C(=O)N1CCC[C@@H]1c1ccsc1. The van der Waals surface area contributed by atoms with Crippen LogP contribution >= 0.6 is 11.3 Å². The second-order valence-electron chi connectivity index (χ2n) is 4.60. The van der Waals surface area contributed by atoms with Crippen LogP contribution in [-0.4, -0.2) is 17.4 Å². The smallest absolute Gasteiger partial charge is 0.257 e. The first-order valence-electron chi connectivity index (χ1n) is 6.14. The first-order valence-corrected chi connectivity index (χ1v) is 7.09. The van der Waals surface area contributed by atoms with E-state index in [2.05, 4.69) is 16.8 Å². The number of aryl methyl sites for hydroxylation is 1. The van der Waals surface area contributed by atoms with Crippen LogP contribution in [0.4, 0.5) is 0 Å². The maximum atomic E-state index is 12.5. The number of likely N-dealkylation sites (tertiary alicyclic amines) is 1. The van der Waals surface area contributed by atoms with Crippen LogP contribution in [0.25, 0.3) is 0 Å². The Bertz CT molecular complexity index is 544. The minimum Gasteiger partial charge on any atom is -0.469 e. The highest BCUT2D eigenvalue weighted by Crippen LogP contribution is 2.34. The molecule has 2 aromatic heterocycles. The molecule has 4 heteroatoms. The van der Waals surface area contributed by atoms with E-state index in [1.165, 1.54) is 5.56 Å². The molecule has 1 fully saturated rings. The first kappa shape index (κ1) is 11.5. The highest BCUT2D eigenvalue weighted by Gasteiger charge is 2.31. The number of nitrogens with zero attached hydrogens (tertiary/aromatic N) is 1. The predicted octanol–water partition coefficient (Wildman–Crippen LogP) is 3.63. The maximum absolute atomic E-state index is 12.5. The first-order chi connectivity index (χ1) is 8.77. The summed E-state index contributed by atoms with van der Waals surface area (Å²) in [4.78, 5) is 14.5. The molecule has 1 atom stereocenters. The van der Waals surface area contributed by atoms with Gasteiger partial charge < -0.3 is 9.32 Å². The van der Waals surface area contributed by atoms with Gasteiger partial charge in [-0.25, -0.2) is 0 Å². The van der Waals surface area contributed by atoms with Crippen LogP contribution in [0.5, 0.6) is 0 Å². The van der Waals surface area contributed by atoms with E-state index in [0.717, 1.165) is 19.4 Å². The Morgan fingerprint density at radius 2 is 2.39 bits per heavy atom. The lowest BCUT2D eigenvalue weighted by Gasteiger charge is -2.24. The minimum atomic E-state index is 0.0925. The van der Waals surface area contributed by atoms with Crippen molar-refractivity contribution in [1.29, 1.82) is 0 Å². The second-order valence-corrected chi connectivity index (χ2v) is 5.38. The van der Waals surface area contributed by atoms with Gasteiger partial charge in [-0.15, -0.1) is 0 Å². The number of hydrogen-bond acceptors (Lipinski definition) is 3. The van der Waals surface area contributed by atoms with Crippen molar-refractivity contribution in [1.82, 2.24) is 4.90 Å². The van der Waals surface area contributed by atoms with Crippen LogP contribution in [0.15, 0.2) is 33.6 Å². The van der Waals surface area contributed by atoms with E-state index in [9.17, 15) is 4.79 Å². The van der Waals surface area contributed by atoms with E-state index in [0.29, 0.717) is 11.3 Å². The van der Waals surface area contributed by atoms with Gasteiger partial charge in [0, 0.05) is 6.54 Å². The van der Waals surface area contributed by atoms with Crippen molar-refractivity contribution in [3.05, 3.63) is 46.0 Å². The highest BCUT2D eigenvalue weighted by molar-refractivity contribution is 7.07. The summed E-state index contributed by atoms with van der Waals surface area (Å²) in [6.45, 7) is 2.67. The number of rotatable bonds is 2. The third-order valence-corrected chi connectivity index (χ3v) is 4.23. The van der Waals surface area contributed by atoms with E-state index in [4.69, 9.17) is 4.42 Å². The molecule has 0 radical (unpaired) electrons. The van der Waals surface area contributed by atoms with Crippen LogP contribution in [0, 0.1) is 6.92 Å². The molecular weight excluding hydrogens is 246 g/mol. The van der Waals surface area contributed by atoms with Gasteiger partial charge >= 0.3 is 0 Å². The lowest BCUT2D eigenvalue weighted by atomic mass is 10.1. The summed E-state index contributed by atoms with van der Waals surface area (Å²) in [5, 5.41) is 4.21. The number of amides is 1. The Kier molecular flexibility index (Phi) is 2.96. The van der Waals surface area contributed by atoms with E-state index >= 15 is 0 Å². The summed E-state index contributed by atoms with van der Waals surface area (Å²) >= 11 is 1.68. The Hall–Kier alpha value is -1.55. The Balaban J connectivity index is 1.88. The van der Waals surface area contributed by atoms with Gasteiger partial charge in [-0.2, -0.15) is 11.3 Å². The normalized spacial score (nSPS) is 19.4. The summed E-state index contributed by atoms with van der Waals surface area (Å²) in [6.07, 6.45) is 3.71. The number of thiophene rings is 1. The molecule has 2 aromatic rings. The lowest BCUT2D eigenvalue weighted by molar-refractivity contribution is 0.0734. The molecule has 0 N–H and O–H groups in total. The maximum Gasteiger partial charge on any atom is 0.257 e. The monoisotopic (exact) mass is 261 g/mol. The molecule has 1 aliphatic rings. The number of carbonyl (C=O) groups excluding carboxylic acids is 1. The van der Waals surface area contributed by atoms with Crippen LogP contribution in [0.3, 0.4) is 0 Å². The van der Waals surface area contributed by atoms with Gasteiger partial charge in [0.2, 0.25) is 0 Å². The fourth-order valence-corrected chi connectivity index (χ4v) is 3.29. The van der Waals surface area contributed by atoms with Gasteiger partial charge in [-0.1, -0.05) is 0 Å². The molecule has 3 heterocycles. The summed E-state index contributed by atoms with van der Waals surface area (Å²) in [6, 6.07) is 4.11. The summed E-state index contributed by atoms with van der Waals surface area (Å²) in [7, 11) is 0. The van der Waals surface area contributed by atoms with Crippen LogP contribution in [0.1, 0.15) is 40.6 Å². The lowest BCUT2D eigenvalue weighted by Crippen LogP contribution is -2.30. The van der Waals surface area contributed by atoms with Crippen molar-refractivity contribution >= 4 is 17.2 Å². The van der Waals surface area contributed by atoms with Crippen LogP contribution in [0.2, 0.25) is 0 Å². The average molecular weight is 261 g/mol. The van der Waals surface area contributed by atoms with E-state index < -0.39 is 0 Å². The van der Waals surface area contributed by atoms with E-state index in [1.807, 2.05) is 11.8 Å². The molecule has 0 bridgehead atoms. The molecule has 0 spiro atoms. The summed E-state index contributed by atoms with van der Waals surface area (Å²) in [5.41, 5.74) is 1.95. The largest absolute Gasteiger partial charge is 0.469 e. The number of carbonyl (C=O) groups is 1. The van der Waals surface area contributed by atoms with Crippen molar-refractivity contribution in [2.75, 3.05) is 6.54 Å². The number of hydrogen-bond donors (Lipinski definition) is 0. The van der Waals surface area contributed by atoms with Gasteiger partial charge in [-0.05, 0) is 48.2 Å². The zero-order valence-electron chi connectivity index (χ0n) is 10.3. The summed E-state index contributed by atoms with van der Waals surface area (Å²) in [5.74, 6) is 0.797. The zero-order valence-corrected chi connectivity index (χ0v) is 11.1. The van der Waals surface area contributed by atoms with Crippen molar-refractivity contribution < 1.29 is 9.21 Å². The third kappa shape index (κ3) is 1.86. The molecule has 1 aliphatic heterocycles. The second kappa shape index (κ2) is 4.61. The fraction of sp³-hybridized carbons (Fsp3) is 0.357. The molecule has 1 amide bonds. The average Bonchev–Trinajstić information content (AvgIpc) is 3.09. The quantitative estimate of drug-likeness (QED) is 0.827. The molecular formula is C14H15NO2S. The van der Waals surface area contributed by atoms with Crippen molar-refractivity contribution in [2.45, 2.75) is 25.8 Å². The Labute approximate surface area is 110 Å². The third-order valence-electron chi connectivity index (χ3n) is 3.53. The Morgan fingerprint density at radius 3 is 3.06 bits per heavy atom. The zero-order chi connectivity index (χ0) is 12.5. The fourth-order valence-electron chi connectivity index (χ4n) is 2.58. The molecule has 0 unspecified atom stereocenters. The topological polar surface area (TPSA) is 33.5 Å². The van der Waals surface area contributed by atoms with Gasteiger partial charge in [0.25, 0.3) is 5.91 Å². The van der Waals surface area contributed by atoms with Crippen molar-refractivity contribution in [3.8, 4) is 0 Å². The standard InChI is InChI=1S/C14H15NO2S/c1-10-12(4-7-17-10)14(16)15-6-2-3-13(15)11-5-8-18-9-11/h4-5,7-9,13H,2-3,6H2,1H3/t13-/m1/s1. The van der Waals surface area contributed by atoms with Crippen LogP contribution < -0.4 is 0 Å². The van der Waals surface area contributed by atoms with Gasteiger partial charge in [0.1, 0.15) is 5.76 Å². The molecule has 0 aliphatic carbocycles. The molecule has 94 valence electrons. The predicted molar refractivity (Wildman–Crippen MR) is 70.8 cm³/mol. The Morgan fingerprint density at radius 1 is 1.50 bits per heavy atom. The number of furan rings is 1. The molecule has 18 heavy (non-hydrogen) atoms. The minimum absolute atomic E-state index is 0.0925. The molecule has 3 rings (SSSR count).